The van der Waals surface area contributed by atoms with Gasteiger partial charge in [0.15, 0.2) is 0 Å². The average molecular weight is 267 g/mol. The fraction of sp³-hybridized carbons (Fsp3) is 1.00. The first-order valence-corrected chi connectivity index (χ1v) is 8.29. The normalized spacial score (nSPS) is 29.5. The van der Waals surface area contributed by atoms with Crippen LogP contribution in [-0.4, -0.2) is 62.2 Å². The SMILES string of the molecule is CC(CNC(C)C1CCCN(C)C1)CN1CCCC1. The standard InChI is InChI=1S/C16H33N3/c1-14(12-19-9-4-5-10-19)11-17-15(2)16-7-6-8-18(3)13-16/h14-17H,4-13H2,1-3H3. The minimum Gasteiger partial charge on any atom is -0.314 e. The highest BCUT2D eigenvalue weighted by Gasteiger charge is 2.23. The Kier molecular flexibility index (Phi) is 6.11. The number of hydrogen-bond donors (Lipinski definition) is 1. The van der Waals surface area contributed by atoms with Crippen molar-refractivity contribution in [3.8, 4) is 0 Å². The predicted octanol–water partition coefficient (Wildman–Crippen LogP) is 2.04. The van der Waals surface area contributed by atoms with Crippen LogP contribution in [0.4, 0.5) is 0 Å². The van der Waals surface area contributed by atoms with Crippen molar-refractivity contribution in [3.63, 3.8) is 0 Å². The van der Waals surface area contributed by atoms with Crippen molar-refractivity contribution < 1.29 is 0 Å². The molecule has 3 nitrogen and oxygen atoms in total. The van der Waals surface area contributed by atoms with E-state index in [9.17, 15) is 0 Å². The molecular weight excluding hydrogens is 234 g/mol. The Hall–Kier alpha value is -0.120. The lowest BCUT2D eigenvalue weighted by molar-refractivity contribution is 0.174. The third kappa shape index (κ3) is 5.05. The molecule has 2 saturated heterocycles. The van der Waals surface area contributed by atoms with Crippen molar-refractivity contribution in [2.24, 2.45) is 11.8 Å². The molecule has 0 saturated carbocycles. The monoisotopic (exact) mass is 267 g/mol. The van der Waals surface area contributed by atoms with Gasteiger partial charge in [0.2, 0.25) is 0 Å². The van der Waals surface area contributed by atoms with E-state index in [4.69, 9.17) is 0 Å². The molecular formula is C16H33N3. The van der Waals surface area contributed by atoms with Gasteiger partial charge in [0.25, 0.3) is 0 Å². The first-order valence-electron chi connectivity index (χ1n) is 8.29. The average Bonchev–Trinajstić information content (AvgIpc) is 2.88. The van der Waals surface area contributed by atoms with Gasteiger partial charge in [-0.3, -0.25) is 0 Å². The van der Waals surface area contributed by atoms with Crippen LogP contribution in [0.1, 0.15) is 39.5 Å². The Labute approximate surface area is 119 Å². The molecule has 0 bridgehead atoms. The largest absolute Gasteiger partial charge is 0.314 e. The Morgan fingerprint density at radius 3 is 2.53 bits per heavy atom. The zero-order valence-corrected chi connectivity index (χ0v) is 13.2. The predicted molar refractivity (Wildman–Crippen MR) is 82.5 cm³/mol. The van der Waals surface area contributed by atoms with E-state index in [0.717, 1.165) is 11.8 Å². The van der Waals surface area contributed by atoms with Gasteiger partial charge in [-0.2, -0.15) is 0 Å². The maximum Gasteiger partial charge on any atom is 0.00793 e. The van der Waals surface area contributed by atoms with E-state index in [2.05, 4.69) is 36.0 Å². The van der Waals surface area contributed by atoms with Crippen LogP contribution in [0.5, 0.6) is 0 Å². The van der Waals surface area contributed by atoms with Crippen LogP contribution in [0.2, 0.25) is 0 Å². The van der Waals surface area contributed by atoms with Gasteiger partial charge in [0.05, 0.1) is 0 Å². The lowest BCUT2D eigenvalue weighted by atomic mass is 9.91. The zero-order chi connectivity index (χ0) is 13.7. The number of hydrogen-bond acceptors (Lipinski definition) is 3. The van der Waals surface area contributed by atoms with Crippen LogP contribution < -0.4 is 5.32 Å². The molecule has 3 unspecified atom stereocenters. The first kappa shape index (κ1) is 15.3. The van der Waals surface area contributed by atoms with Crippen molar-refractivity contribution in [3.05, 3.63) is 0 Å². The van der Waals surface area contributed by atoms with Crippen LogP contribution in [0.3, 0.4) is 0 Å². The van der Waals surface area contributed by atoms with Gasteiger partial charge < -0.3 is 15.1 Å². The second kappa shape index (κ2) is 7.61. The van der Waals surface area contributed by atoms with Crippen molar-refractivity contribution in [2.45, 2.75) is 45.6 Å². The van der Waals surface area contributed by atoms with Crippen LogP contribution in [0, 0.1) is 11.8 Å². The molecule has 1 N–H and O–H groups in total. The third-order valence-electron chi connectivity index (χ3n) is 4.92. The van der Waals surface area contributed by atoms with Gasteiger partial charge in [-0.05, 0) is 77.7 Å². The van der Waals surface area contributed by atoms with Gasteiger partial charge in [-0.25, -0.2) is 0 Å². The van der Waals surface area contributed by atoms with Crippen LogP contribution in [0.15, 0.2) is 0 Å². The molecule has 2 rings (SSSR count). The maximum atomic E-state index is 3.79. The van der Waals surface area contributed by atoms with Gasteiger partial charge in [0.1, 0.15) is 0 Å². The van der Waals surface area contributed by atoms with Gasteiger partial charge in [-0.1, -0.05) is 6.92 Å². The Balaban J connectivity index is 1.63. The molecule has 3 atom stereocenters. The van der Waals surface area contributed by atoms with E-state index in [1.54, 1.807) is 0 Å². The Morgan fingerprint density at radius 2 is 1.84 bits per heavy atom. The molecule has 0 aromatic carbocycles. The van der Waals surface area contributed by atoms with E-state index in [1.165, 1.54) is 65.0 Å². The molecule has 3 heteroatoms. The van der Waals surface area contributed by atoms with Crippen molar-refractivity contribution >= 4 is 0 Å². The quantitative estimate of drug-likeness (QED) is 0.794. The molecule has 19 heavy (non-hydrogen) atoms. The maximum absolute atomic E-state index is 3.79. The molecule has 0 aromatic heterocycles. The number of nitrogens with one attached hydrogen (secondary N) is 1. The number of piperidine rings is 1. The fourth-order valence-corrected chi connectivity index (χ4v) is 3.64. The highest BCUT2D eigenvalue weighted by molar-refractivity contribution is 4.80. The highest BCUT2D eigenvalue weighted by atomic mass is 15.1. The topological polar surface area (TPSA) is 18.5 Å². The van der Waals surface area contributed by atoms with E-state index >= 15 is 0 Å². The third-order valence-corrected chi connectivity index (χ3v) is 4.92. The van der Waals surface area contributed by atoms with Crippen LogP contribution in [0.25, 0.3) is 0 Å². The van der Waals surface area contributed by atoms with Gasteiger partial charge >= 0.3 is 0 Å². The lowest BCUT2D eigenvalue weighted by Gasteiger charge is -2.34. The summed E-state index contributed by atoms with van der Waals surface area (Å²) in [5.74, 6) is 1.62. The second-order valence-electron chi connectivity index (χ2n) is 6.97. The summed E-state index contributed by atoms with van der Waals surface area (Å²) >= 11 is 0. The number of rotatable bonds is 6. The van der Waals surface area contributed by atoms with Crippen molar-refractivity contribution in [1.82, 2.24) is 15.1 Å². The molecule has 0 amide bonds. The lowest BCUT2D eigenvalue weighted by Crippen LogP contribution is -2.45. The van der Waals surface area contributed by atoms with E-state index in [-0.39, 0.29) is 0 Å². The molecule has 112 valence electrons. The van der Waals surface area contributed by atoms with E-state index in [0.29, 0.717) is 6.04 Å². The number of nitrogens with zero attached hydrogens (tertiary/aromatic N) is 2. The minimum absolute atomic E-state index is 0.670. The second-order valence-corrected chi connectivity index (χ2v) is 6.97. The summed E-state index contributed by atoms with van der Waals surface area (Å²) in [6.45, 7) is 12.4. The molecule has 2 aliphatic rings. The highest BCUT2D eigenvalue weighted by Crippen LogP contribution is 2.18. The van der Waals surface area contributed by atoms with E-state index in [1.807, 2.05) is 0 Å². The summed E-state index contributed by atoms with van der Waals surface area (Å²) in [6, 6.07) is 0.670. The van der Waals surface area contributed by atoms with Crippen molar-refractivity contribution in [2.75, 3.05) is 46.3 Å². The number of likely N-dealkylation sites (tertiary alicyclic amines) is 2. The zero-order valence-electron chi connectivity index (χ0n) is 13.2. The van der Waals surface area contributed by atoms with Gasteiger partial charge in [-0.15, -0.1) is 0 Å². The summed E-state index contributed by atoms with van der Waals surface area (Å²) in [5, 5.41) is 3.79. The Bertz CT molecular complexity index is 250. The summed E-state index contributed by atoms with van der Waals surface area (Å²) in [5.41, 5.74) is 0. The molecule has 2 aliphatic heterocycles. The minimum atomic E-state index is 0.670. The Morgan fingerprint density at radius 1 is 1.11 bits per heavy atom. The smallest absolute Gasteiger partial charge is 0.00793 e. The molecule has 2 fully saturated rings. The molecule has 2 heterocycles. The summed E-state index contributed by atoms with van der Waals surface area (Å²) < 4.78 is 0. The molecule has 0 spiro atoms. The van der Waals surface area contributed by atoms with Crippen molar-refractivity contribution in [1.29, 1.82) is 0 Å². The molecule has 0 radical (unpaired) electrons. The first-order chi connectivity index (χ1) is 9.15. The van der Waals surface area contributed by atoms with Crippen LogP contribution in [-0.2, 0) is 0 Å². The molecule has 0 aliphatic carbocycles. The van der Waals surface area contributed by atoms with Crippen LogP contribution >= 0.6 is 0 Å². The van der Waals surface area contributed by atoms with E-state index < -0.39 is 0 Å². The molecule has 0 aromatic rings. The summed E-state index contributed by atoms with van der Waals surface area (Å²) in [4.78, 5) is 5.12. The summed E-state index contributed by atoms with van der Waals surface area (Å²) in [7, 11) is 2.26. The fourth-order valence-electron chi connectivity index (χ4n) is 3.64. The summed E-state index contributed by atoms with van der Waals surface area (Å²) in [6.07, 6.45) is 5.59. The van der Waals surface area contributed by atoms with Gasteiger partial charge in [0, 0.05) is 19.1 Å².